The molecule has 2 aromatic rings. The summed E-state index contributed by atoms with van der Waals surface area (Å²) in [4.78, 5) is 16.5. The smallest absolute Gasteiger partial charge is 0.227 e. The molecule has 1 saturated heterocycles. The fourth-order valence-electron chi connectivity index (χ4n) is 2.43. The number of nitrogens with zero attached hydrogens (tertiary/aromatic N) is 1. The van der Waals surface area contributed by atoms with E-state index in [4.69, 9.17) is 21.1 Å². The Morgan fingerprint density at radius 3 is 3.08 bits per heavy atom. The molecular weight excluding hydrogens is 385 g/mol. The van der Waals surface area contributed by atoms with Crippen molar-refractivity contribution in [3.8, 4) is 17.0 Å². The Morgan fingerprint density at radius 1 is 1.56 bits per heavy atom. The summed E-state index contributed by atoms with van der Waals surface area (Å²) in [5, 5.41) is 9.06. The zero-order valence-electron chi connectivity index (χ0n) is 13.6. The highest BCUT2D eigenvalue weighted by molar-refractivity contribution is 7.14. The number of morpholine rings is 1. The molecule has 2 N–H and O–H groups in total. The first-order valence-electron chi connectivity index (χ1n) is 7.56. The van der Waals surface area contributed by atoms with Gasteiger partial charge in [-0.25, -0.2) is 4.98 Å². The van der Waals surface area contributed by atoms with Crippen LogP contribution in [0.2, 0.25) is 5.02 Å². The number of halogens is 2. The van der Waals surface area contributed by atoms with Gasteiger partial charge in [-0.15, -0.1) is 23.7 Å². The Labute approximate surface area is 161 Å². The number of carbonyl (C=O) groups is 1. The third-order valence-corrected chi connectivity index (χ3v) is 4.68. The van der Waals surface area contributed by atoms with Gasteiger partial charge in [-0.05, 0) is 18.2 Å². The molecule has 0 saturated carbocycles. The molecule has 1 aliphatic heterocycles. The van der Waals surface area contributed by atoms with Crippen LogP contribution >= 0.6 is 35.3 Å². The number of amides is 1. The maximum Gasteiger partial charge on any atom is 0.227 e. The second kappa shape index (κ2) is 9.35. The van der Waals surface area contributed by atoms with Crippen LogP contribution in [0.1, 0.15) is 6.42 Å². The standard InChI is InChI=1S/C16H18ClN3O3S.ClH/c1-22-14-3-2-10(6-12(14)17)13-9-24-16(19-13)20-15(21)7-11-8-23-5-4-18-11;/h2-3,6,9,11,18H,4-5,7-8H2,1H3,(H,19,20,21);1H. The lowest BCUT2D eigenvalue weighted by atomic mass is 10.2. The first-order valence-corrected chi connectivity index (χ1v) is 8.82. The van der Waals surface area contributed by atoms with E-state index in [9.17, 15) is 4.79 Å². The van der Waals surface area contributed by atoms with Crippen molar-refractivity contribution in [2.45, 2.75) is 12.5 Å². The van der Waals surface area contributed by atoms with E-state index in [2.05, 4.69) is 15.6 Å². The zero-order valence-corrected chi connectivity index (χ0v) is 16.0. The number of thiazole rings is 1. The minimum absolute atomic E-state index is 0. The van der Waals surface area contributed by atoms with E-state index < -0.39 is 0 Å². The molecule has 25 heavy (non-hydrogen) atoms. The molecule has 1 fully saturated rings. The molecule has 6 nitrogen and oxygen atoms in total. The molecule has 136 valence electrons. The average molecular weight is 404 g/mol. The number of ether oxygens (including phenoxy) is 2. The molecular formula is C16H19Cl2N3O3S. The van der Waals surface area contributed by atoms with E-state index in [0.717, 1.165) is 17.8 Å². The molecule has 1 aromatic heterocycles. The van der Waals surface area contributed by atoms with Gasteiger partial charge >= 0.3 is 0 Å². The minimum atomic E-state index is -0.0772. The molecule has 3 rings (SSSR count). The minimum Gasteiger partial charge on any atom is -0.495 e. The first-order chi connectivity index (χ1) is 11.7. The maximum atomic E-state index is 12.1. The summed E-state index contributed by atoms with van der Waals surface area (Å²) in [5.74, 6) is 0.540. The van der Waals surface area contributed by atoms with E-state index in [0.29, 0.717) is 35.5 Å². The first kappa shape index (κ1) is 19.9. The van der Waals surface area contributed by atoms with Gasteiger partial charge in [-0.2, -0.15) is 0 Å². The van der Waals surface area contributed by atoms with Gasteiger partial charge in [0.1, 0.15) is 5.75 Å². The number of methoxy groups -OCH3 is 1. The second-order valence-electron chi connectivity index (χ2n) is 5.37. The van der Waals surface area contributed by atoms with Crippen molar-refractivity contribution in [2.75, 3.05) is 32.2 Å². The summed E-state index contributed by atoms with van der Waals surface area (Å²) in [5.41, 5.74) is 1.64. The van der Waals surface area contributed by atoms with Crippen molar-refractivity contribution in [1.29, 1.82) is 0 Å². The Kier molecular flexibility index (Phi) is 7.46. The summed E-state index contributed by atoms with van der Waals surface area (Å²) in [6, 6.07) is 5.53. The predicted molar refractivity (Wildman–Crippen MR) is 102 cm³/mol. The lowest BCUT2D eigenvalue weighted by molar-refractivity contribution is -0.117. The lowest BCUT2D eigenvalue weighted by Gasteiger charge is -2.22. The van der Waals surface area contributed by atoms with E-state index in [1.807, 2.05) is 11.4 Å². The summed E-state index contributed by atoms with van der Waals surface area (Å²) in [6.45, 7) is 2.02. The molecule has 1 amide bonds. The molecule has 0 aliphatic carbocycles. The van der Waals surface area contributed by atoms with Gasteiger partial charge in [0.05, 0.1) is 31.0 Å². The number of carbonyl (C=O) groups excluding carboxylic acids is 1. The van der Waals surface area contributed by atoms with Crippen molar-refractivity contribution in [2.24, 2.45) is 0 Å². The van der Waals surface area contributed by atoms with Crippen LogP contribution in [0.15, 0.2) is 23.6 Å². The zero-order chi connectivity index (χ0) is 16.9. The van der Waals surface area contributed by atoms with E-state index in [-0.39, 0.29) is 24.4 Å². The van der Waals surface area contributed by atoms with E-state index in [1.165, 1.54) is 11.3 Å². The van der Waals surface area contributed by atoms with Gasteiger partial charge in [0.15, 0.2) is 5.13 Å². The Balaban J connectivity index is 0.00000225. The molecule has 2 heterocycles. The summed E-state index contributed by atoms with van der Waals surface area (Å²) in [7, 11) is 1.57. The number of rotatable bonds is 5. The van der Waals surface area contributed by atoms with Gasteiger partial charge < -0.3 is 20.1 Å². The normalized spacial score (nSPS) is 16.8. The summed E-state index contributed by atoms with van der Waals surface area (Å²) < 4.78 is 10.5. The molecule has 1 unspecified atom stereocenters. The quantitative estimate of drug-likeness (QED) is 0.801. The lowest BCUT2D eigenvalue weighted by Crippen LogP contribution is -2.43. The van der Waals surface area contributed by atoms with Crippen molar-refractivity contribution in [3.05, 3.63) is 28.6 Å². The van der Waals surface area contributed by atoms with Crippen LogP contribution in [-0.4, -0.2) is 43.8 Å². The van der Waals surface area contributed by atoms with E-state index >= 15 is 0 Å². The highest BCUT2D eigenvalue weighted by Gasteiger charge is 2.18. The van der Waals surface area contributed by atoms with Crippen LogP contribution in [0.25, 0.3) is 11.3 Å². The van der Waals surface area contributed by atoms with Crippen molar-refractivity contribution < 1.29 is 14.3 Å². The topological polar surface area (TPSA) is 72.5 Å². The summed E-state index contributed by atoms with van der Waals surface area (Å²) >= 11 is 7.52. The van der Waals surface area contributed by atoms with Gasteiger partial charge in [0.2, 0.25) is 5.91 Å². The number of benzene rings is 1. The fourth-order valence-corrected chi connectivity index (χ4v) is 3.43. The molecule has 0 spiro atoms. The van der Waals surface area contributed by atoms with Crippen molar-refractivity contribution >= 4 is 46.4 Å². The Morgan fingerprint density at radius 2 is 2.40 bits per heavy atom. The highest BCUT2D eigenvalue weighted by Crippen LogP contribution is 2.31. The second-order valence-corrected chi connectivity index (χ2v) is 6.63. The summed E-state index contributed by atoms with van der Waals surface area (Å²) in [6.07, 6.45) is 0.364. The van der Waals surface area contributed by atoms with E-state index in [1.54, 1.807) is 19.2 Å². The van der Waals surface area contributed by atoms with Gasteiger partial charge in [-0.1, -0.05) is 11.6 Å². The van der Waals surface area contributed by atoms with Crippen LogP contribution < -0.4 is 15.4 Å². The highest BCUT2D eigenvalue weighted by atomic mass is 35.5. The number of nitrogens with one attached hydrogen (secondary N) is 2. The molecule has 0 radical (unpaired) electrons. The molecule has 0 bridgehead atoms. The average Bonchev–Trinajstić information content (AvgIpc) is 3.04. The fraction of sp³-hybridized carbons (Fsp3) is 0.375. The van der Waals surface area contributed by atoms with Crippen molar-refractivity contribution in [3.63, 3.8) is 0 Å². The van der Waals surface area contributed by atoms with Crippen LogP contribution in [0.3, 0.4) is 0 Å². The molecule has 1 aromatic carbocycles. The predicted octanol–water partition coefficient (Wildman–Crippen LogP) is 3.21. The van der Waals surface area contributed by atoms with Crippen LogP contribution in [-0.2, 0) is 9.53 Å². The largest absolute Gasteiger partial charge is 0.495 e. The van der Waals surface area contributed by atoms with Crippen LogP contribution in [0.4, 0.5) is 5.13 Å². The Bertz CT molecular complexity index is 720. The van der Waals surface area contributed by atoms with Gasteiger partial charge in [0.25, 0.3) is 0 Å². The number of hydrogen-bond acceptors (Lipinski definition) is 6. The van der Waals surface area contributed by atoms with Gasteiger partial charge in [0, 0.05) is 30.0 Å². The van der Waals surface area contributed by atoms with Gasteiger partial charge in [-0.3, -0.25) is 4.79 Å². The molecule has 1 atom stereocenters. The number of hydrogen-bond donors (Lipinski definition) is 2. The number of aromatic nitrogens is 1. The molecule has 1 aliphatic rings. The van der Waals surface area contributed by atoms with Crippen LogP contribution in [0.5, 0.6) is 5.75 Å². The Hall–Kier alpha value is -1.38. The SMILES string of the molecule is COc1ccc(-c2csc(NC(=O)CC3COCCN3)n2)cc1Cl.Cl. The maximum absolute atomic E-state index is 12.1. The van der Waals surface area contributed by atoms with Crippen LogP contribution in [0, 0.1) is 0 Å². The third-order valence-electron chi connectivity index (χ3n) is 3.63. The monoisotopic (exact) mass is 403 g/mol. The third kappa shape index (κ3) is 5.29. The number of anilines is 1. The van der Waals surface area contributed by atoms with Crippen molar-refractivity contribution in [1.82, 2.24) is 10.3 Å². The molecule has 9 heteroatoms.